The molecule has 0 atom stereocenters. The first-order chi connectivity index (χ1) is 29.2. The lowest BCUT2D eigenvalue weighted by Gasteiger charge is -2.14. The van der Waals surface area contributed by atoms with E-state index < -0.39 is 0 Å². The standard InChI is InChI=1S/C56H34N2O/c1-3-13-35(14-4-1)40-30-41(37-25-28-54-50(33-37)46-21-9-10-24-53(46)59-54)32-42(31-40)52-34-51(36-15-5-2-6-16-36)57-56(58-52)39-18-11-17-38(29-39)43-26-27-49-45-20-8-7-19-44(45)48-23-12-22-47(43)55(48)49/h1-34H. The lowest BCUT2D eigenvalue weighted by atomic mass is 9.93. The molecular weight excluding hydrogens is 717 g/mol. The zero-order chi connectivity index (χ0) is 38.9. The number of rotatable bonds is 6. The largest absolute Gasteiger partial charge is 0.456 e. The minimum absolute atomic E-state index is 0.680. The van der Waals surface area contributed by atoms with Gasteiger partial charge in [0.2, 0.25) is 0 Å². The van der Waals surface area contributed by atoms with Crippen molar-refractivity contribution in [3.63, 3.8) is 0 Å². The van der Waals surface area contributed by atoms with E-state index in [4.69, 9.17) is 14.4 Å². The van der Waals surface area contributed by atoms with Crippen LogP contribution in [0.1, 0.15) is 0 Å². The Kier molecular flexibility index (Phi) is 7.54. The molecule has 274 valence electrons. The molecule has 2 heterocycles. The van der Waals surface area contributed by atoms with Crippen LogP contribution in [0.4, 0.5) is 0 Å². The van der Waals surface area contributed by atoms with E-state index in [9.17, 15) is 0 Å². The Morgan fingerprint density at radius 3 is 1.63 bits per heavy atom. The van der Waals surface area contributed by atoms with Crippen LogP contribution in [0.25, 0.3) is 122 Å². The molecule has 2 aromatic heterocycles. The topological polar surface area (TPSA) is 38.9 Å². The van der Waals surface area contributed by atoms with Crippen LogP contribution in [0.3, 0.4) is 0 Å². The maximum Gasteiger partial charge on any atom is 0.160 e. The Balaban J connectivity index is 1.03. The Morgan fingerprint density at radius 2 is 0.814 bits per heavy atom. The van der Waals surface area contributed by atoms with Gasteiger partial charge in [-0.1, -0.05) is 158 Å². The molecule has 0 saturated carbocycles. The van der Waals surface area contributed by atoms with E-state index in [1.807, 2.05) is 18.2 Å². The van der Waals surface area contributed by atoms with E-state index in [0.717, 1.165) is 77.8 Å². The number of aromatic nitrogens is 2. The third-order valence-electron chi connectivity index (χ3n) is 11.8. The van der Waals surface area contributed by atoms with Crippen LogP contribution in [0, 0.1) is 0 Å². The summed E-state index contributed by atoms with van der Waals surface area (Å²) >= 11 is 0. The zero-order valence-electron chi connectivity index (χ0n) is 31.9. The van der Waals surface area contributed by atoms with Crippen LogP contribution in [-0.2, 0) is 0 Å². The van der Waals surface area contributed by atoms with Gasteiger partial charge in [-0.2, -0.15) is 0 Å². The van der Waals surface area contributed by atoms with Gasteiger partial charge in [-0.05, 0) is 115 Å². The van der Waals surface area contributed by atoms with Crippen molar-refractivity contribution in [2.45, 2.75) is 0 Å². The summed E-state index contributed by atoms with van der Waals surface area (Å²) in [7, 11) is 0. The van der Waals surface area contributed by atoms with Gasteiger partial charge in [-0.3, -0.25) is 0 Å². The van der Waals surface area contributed by atoms with E-state index >= 15 is 0 Å². The highest BCUT2D eigenvalue weighted by molar-refractivity contribution is 6.18. The molecule has 0 radical (unpaired) electrons. The summed E-state index contributed by atoms with van der Waals surface area (Å²) in [6, 6.07) is 73.3. The van der Waals surface area contributed by atoms with Gasteiger partial charge in [0.1, 0.15) is 11.2 Å². The molecule has 0 unspecified atom stereocenters. The predicted octanol–water partition coefficient (Wildman–Crippen LogP) is 15.2. The van der Waals surface area contributed by atoms with Crippen molar-refractivity contribution in [1.82, 2.24) is 9.97 Å². The molecule has 59 heavy (non-hydrogen) atoms. The molecule has 0 amide bonds. The van der Waals surface area contributed by atoms with Crippen LogP contribution in [0.2, 0.25) is 0 Å². The fourth-order valence-electron chi connectivity index (χ4n) is 9.01. The molecule has 11 aromatic rings. The van der Waals surface area contributed by atoms with Crippen LogP contribution < -0.4 is 0 Å². The number of hydrogen-bond acceptors (Lipinski definition) is 3. The quantitative estimate of drug-likeness (QED) is 0.170. The van der Waals surface area contributed by atoms with Crippen molar-refractivity contribution in [1.29, 1.82) is 0 Å². The molecule has 1 aliphatic rings. The lowest BCUT2D eigenvalue weighted by molar-refractivity contribution is 0.669. The van der Waals surface area contributed by atoms with Crippen LogP contribution in [0.15, 0.2) is 211 Å². The molecule has 0 aliphatic heterocycles. The second kappa shape index (κ2) is 13.4. The first kappa shape index (κ1) is 33.3. The van der Waals surface area contributed by atoms with Gasteiger partial charge in [0.05, 0.1) is 11.4 Å². The lowest BCUT2D eigenvalue weighted by Crippen LogP contribution is -1.97. The molecule has 0 N–H and O–H groups in total. The summed E-state index contributed by atoms with van der Waals surface area (Å²) in [4.78, 5) is 10.6. The van der Waals surface area contributed by atoms with Gasteiger partial charge < -0.3 is 4.42 Å². The number of para-hydroxylation sites is 1. The molecule has 1 aliphatic carbocycles. The summed E-state index contributed by atoms with van der Waals surface area (Å²) in [5, 5.41) is 4.78. The summed E-state index contributed by atoms with van der Waals surface area (Å²) in [6.07, 6.45) is 0. The van der Waals surface area contributed by atoms with E-state index in [-0.39, 0.29) is 0 Å². The first-order valence-corrected chi connectivity index (χ1v) is 20.1. The highest BCUT2D eigenvalue weighted by Gasteiger charge is 2.23. The fourth-order valence-corrected chi connectivity index (χ4v) is 9.01. The molecule has 3 nitrogen and oxygen atoms in total. The Bertz CT molecular complexity index is 3410. The number of furan rings is 1. The first-order valence-electron chi connectivity index (χ1n) is 20.1. The van der Waals surface area contributed by atoms with E-state index in [0.29, 0.717) is 5.82 Å². The molecule has 0 fully saturated rings. The Morgan fingerprint density at radius 1 is 0.271 bits per heavy atom. The molecule has 3 heteroatoms. The van der Waals surface area contributed by atoms with Crippen molar-refractivity contribution in [2.24, 2.45) is 0 Å². The minimum atomic E-state index is 0.680. The molecule has 0 bridgehead atoms. The summed E-state index contributed by atoms with van der Waals surface area (Å²) in [5.74, 6) is 0.680. The average Bonchev–Trinajstić information content (AvgIpc) is 3.85. The highest BCUT2D eigenvalue weighted by atomic mass is 16.3. The van der Waals surface area contributed by atoms with Crippen molar-refractivity contribution in [3.8, 4) is 89.5 Å². The number of nitrogens with zero attached hydrogens (tertiary/aromatic N) is 2. The van der Waals surface area contributed by atoms with E-state index in [1.54, 1.807) is 0 Å². The second-order valence-corrected chi connectivity index (χ2v) is 15.3. The van der Waals surface area contributed by atoms with Crippen LogP contribution in [0.5, 0.6) is 0 Å². The van der Waals surface area contributed by atoms with Gasteiger partial charge in [0, 0.05) is 27.5 Å². The number of benzene rings is 9. The minimum Gasteiger partial charge on any atom is -0.456 e. The van der Waals surface area contributed by atoms with Gasteiger partial charge in [0.25, 0.3) is 0 Å². The molecule has 12 rings (SSSR count). The smallest absolute Gasteiger partial charge is 0.160 e. The fraction of sp³-hybridized carbons (Fsp3) is 0. The monoisotopic (exact) mass is 750 g/mol. The van der Waals surface area contributed by atoms with Gasteiger partial charge in [0.15, 0.2) is 5.82 Å². The van der Waals surface area contributed by atoms with Crippen molar-refractivity contribution in [3.05, 3.63) is 206 Å². The summed E-state index contributed by atoms with van der Waals surface area (Å²) < 4.78 is 6.21. The van der Waals surface area contributed by atoms with E-state index in [2.05, 4.69) is 188 Å². The molecule has 9 aromatic carbocycles. The predicted molar refractivity (Wildman–Crippen MR) is 244 cm³/mol. The normalized spacial score (nSPS) is 11.7. The van der Waals surface area contributed by atoms with E-state index in [1.165, 1.54) is 38.6 Å². The van der Waals surface area contributed by atoms with Gasteiger partial charge in [-0.25, -0.2) is 9.97 Å². The van der Waals surface area contributed by atoms with Crippen molar-refractivity contribution >= 4 is 32.7 Å². The molecule has 0 saturated heterocycles. The number of hydrogen-bond donors (Lipinski definition) is 0. The summed E-state index contributed by atoms with van der Waals surface area (Å²) in [5.41, 5.74) is 18.5. The third kappa shape index (κ3) is 5.59. The maximum atomic E-state index is 6.21. The average molecular weight is 751 g/mol. The summed E-state index contributed by atoms with van der Waals surface area (Å²) in [6.45, 7) is 0. The molecular formula is C56H34N2O. The maximum absolute atomic E-state index is 6.21. The van der Waals surface area contributed by atoms with Crippen molar-refractivity contribution in [2.75, 3.05) is 0 Å². The van der Waals surface area contributed by atoms with Gasteiger partial charge >= 0.3 is 0 Å². The third-order valence-corrected chi connectivity index (χ3v) is 11.8. The SMILES string of the molecule is c1ccc(-c2cc(-c3ccc4oc5ccccc5c4c3)cc(-c3cc(-c4ccccc4)nc(-c4cccc(-c5ccc6c7c(cccc57)-c5ccccc5-6)c4)n3)c2)cc1. The highest BCUT2D eigenvalue weighted by Crippen LogP contribution is 2.49. The Hall–Kier alpha value is -7.88. The van der Waals surface area contributed by atoms with Crippen LogP contribution >= 0.6 is 0 Å². The van der Waals surface area contributed by atoms with Crippen molar-refractivity contribution < 1.29 is 4.42 Å². The van der Waals surface area contributed by atoms with Crippen LogP contribution in [-0.4, -0.2) is 9.97 Å². The zero-order valence-corrected chi connectivity index (χ0v) is 31.9. The number of fused-ring (bicyclic) bond motifs is 6. The molecule has 0 spiro atoms. The second-order valence-electron chi connectivity index (χ2n) is 15.3. The van der Waals surface area contributed by atoms with Gasteiger partial charge in [-0.15, -0.1) is 0 Å². The Labute approximate surface area is 341 Å².